The number of morpholine rings is 1. The standard InChI is InChI=1S/C10H21N3O3S/c1-9-6-10(8-11-7-9)12-17(14,15)13-2-4-16-5-3-13/h9-12H,2-8H2,1H3. The molecule has 0 aromatic heterocycles. The molecule has 0 amide bonds. The molecule has 2 fully saturated rings. The van der Waals surface area contributed by atoms with Crippen LogP contribution in [0.5, 0.6) is 0 Å². The molecule has 2 aliphatic heterocycles. The van der Waals surface area contributed by atoms with Crippen LogP contribution in [0.3, 0.4) is 0 Å². The zero-order valence-corrected chi connectivity index (χ0v) is 11.0. The molecule has 6 nitrogen and oxygen atoms in total. The first-order chi connectivity index (χ1) is 8.08. The van der Waals surface area contributed by atoms with Gasteiger partial charge in [-0.1, -0.05) is 6.92 Å². The predicted molar refractivity (Wildman–Crippen MR) is 64.9 cm³/mol. The Morgan fingerprint density at radius 1 is 1.29 bits per heavy atom. The second-order valence-electron chi connectivity index (χ2n) is 4.83. The van der Waals surface area contributed by atoms with Crippen molar-refractivity contribution in [3.05, 3.63) is 0 Å². The zero-order chi connectivity index (χ0) is 12.3. The normalized spacial score (nSPS) is 32.5. The molecule has 2 atom stereocenters. The van der Waals surface area contributed by atoms with Crippen LogP contribution in [0.1, 0.15) is 13.3 Å². The van der Waals surface area contributed by atoms with E-state index in [0.29, 0.717) is 38.8 Å². The molecule has 2 rings (SSSR count). The SMILES string of the molecule is CC1CNCC(NS(=O)(=O)N2CCOCC2)C1. The fourth-order valence-corrected chi connectivity index (χ4v) is 3.70. The highest BCUT2D eigenvalue weighted by atomic mass is 32.2. The fourth-order valence-electron chi connectivity index (χ4n) is 2.32. The first-order valence-electron chi connectivity index (χ1n) is 6.14. The van der Waals surface area contributed by atoms with Gasteiger partial charge in [-0.25, -0.2) is 0 Å². The molecule has 7 heteroatoms. The van der Waals surface area contributed by atoms with E-state index in [-0.39, 0.29) is 6.04 Å². The van der Waals surface area contributed by atoms with E-state index in [1.54, 1.807) is 0 Å². The lowest BCUT2D eigenvalue weighted by Crippen LogP contribution is -2.54. The monoisotopic (exact) mass is 263 g/mol. The second kappa shape index (κ2) is 5.62. The Kier molecular flexibility index (Phi) is 4.37. The van der Waals surface area contributed by atoms with E-state index in [4.69, 9.17) is 4.74 Å². The zero-order valence-electron chi connectivity index (χ0n) is 10.2. The maximum Gasteiger partial charge on any atom is 0.279 e. The van der Waals surface area contributed by atoms with E-state index < -0.39 is 10.2 Å². The molecule has 2 N–H and O–H groups in total. The average Bonchev–Trinajstić information content (AvgIpc) is 2.29. The van der Waals surface area contributed by atoms with E-state index >= 15 is 0 Å². The molecule has 0 bridgehead atoms. The molecular formula is C10H21N3O3S. The summed E-state index contributed by atoms with van der Waals surface area (Å²) in [5.41, 5.74) is 0. The second-order valence-corrected chi connectivity index (χ2v) is 6.53. The quantitative estimate of drug-likeness (QED) is 0.696. The summed E-state index contributed by atoms with van der Waals surface area (Å²) < 4.78 is 33.6. The summed E-state index contributed by atoms with van der Waals surface area (Å²) in [6.07, 6.45) is 0.899. The molecular weight excluding hydrogens is 242 g/mol. The first-order valence-corrected chi connectivity index (χ1v) is 7.58. The Labute approximate surface area is 103 Å². The smallest absolute Gasteiger partial charge is 0.279 e. The summed E-state index contributed by atoms with van der Waals surface area (Å²) in [5, 5.41) is 3.24. The topological polar surface area (TPSA) is 70.7 Å². The summed E-state index contributed by atoms with van der Waals surface area (Å²) >= 11 is 0. The molecule has 2 heterocycles. The van der Waals surface area contributed by atoms with Gasteiger partial charge in [0.15, 0.2) is 0 Å². The van der Waals surface area contributed by atoms with Crippen molar-refractivity contribution in [2.75, 3.05) is 39.4 Å². The Balaban J connectivity index is 1.91. The highest BCUT2D eigenvalue weighted by molar-refractivity contribution is 7.87. The van der Waals surface area contributed by atoms with Crippen LogP contribution in [-0.4, -0.2) is 58.2 Å². The van der Waals surface area contributed by atoms with Crippen LogP contribution < -0.4 is 10.0 Å². The van der Waals surface area contributed by atoms with Crippen molar-refractivity contribution >= 4 is 10.2 Å². The van der Waals surface area contributed by atoms with Crippen LogP contribution in [-0.2, 0) is 14.9 Å². The van der Waals surface area contributed by atoms with Gasteiger partial charge in [-0.2, -0.15) is 17.4 Å². The minimum Gasteiger partial charge on any atom is -0.379 e. The summed E-state index contributed by atoms with van der Waals surface area (Å²) in [6.45, 7) is 5.68. The molecule has 0 aliphatic carbocycles. The van der Waals surface area contributed by atoms with Crippen molar-refractivity contribution < 1.29 is 13.2 Å². The maximum atomic E-state index is 12.1. The molecule has 2 unspecified atom stereocenters. The lowest BCUT2D eigenvalue weighted by Gasteiger charge is -2.32. The minimum absolute atomic E-state index is 0.00611. The highest BCUT2D eigenvalue weighted by Crippen LogP contribution is 2.12. The van der Waals surface area contributed by atoms with E-state index in [0.717, 1.165) is 13.0 Å². The van der Waals surface area contributed by atoms with Gasteiger partial charge in [0.25, 0.3) is 10.2 Å². The Morgan fingerprint density at radius 2 is 2.00 bits per heavy atom. The van der Waals surface area contributed by atoms with Gasteiger partial charge in [-0.05, 0) is 18.9 Å². The number of piperidine rings is 1. The van der Waals surface area contributed by atoms with Gasteiger partial charge >= 0.3 is 0 Å². The molecule has 17 heavy (non-hydrogen) atoms. The van der Waals surface area contributed by atoms with Crippen molar-refractivity contribution in [1.82, 2.24) is 14.3 Å². The molecule has 2 saturated heterocycles. The van der Waals surface area contributed by atoms with Gasteiger partial charge in [-0.15, -0.1) is 0 Å². The van der Waals surface area contributed by atoms with Crippen LogP contribution in [0.15, 0.2) is 0 Å². The van der Waals surface area contributed by atoms with Crippen molar-refractivity contribution in [3.63, 3.8) is 0 Å². The number of hydrogen-bond acceptors (Lipinski definition) is 4. The van der Waals surface area contributed by atoms with E-state index in [1.807, 2.05) is 0 Å². The number of hydrogen-bond donors (Lipinski definition) is 2. The van der Waals surface area contributed by atoms with Crippen LogP contribution in [0.25, 0.3) is 0 Å². The molecule has 0 aromatic carbocycles. The lowest BCUT2D eigenvalue weighted by atomic mass is 9.99. The van der Waals surface area contributed by atoms with Crippen molar-refractivity contribution in [3.8, 4) is 0 Å². The van der Waals surface area contributed by atoms with Gasteiger partial charge in [0.05, 0.1) is 13.2 Å². The van der Waals surface area contributed by atoms with Gasteiger partial charge in [0, 0.05) is 25.7 Å². The maximum absolute atomic E-state index is 12.1. The van der Waals surface area contributed by atoms with Crippen molar-refractivity contribution in [1.29, 1.82) is 0 Å². The number of ether oxygens (including phenoxy) is 1. The van der Waals surface area contributed by atoms with Gasteiger partial charge in [0.2, 0.25) is 0 Å². The minimum atomic E-state index is -3.34. The summed E-state index contributed by atoms with van der Waals surface area (Å²) in [5.74, 6) is 0.515. The van der Waals surface area contributed by atoms with Crippen molar-refractivity contribution in [2.24, 2.45) is 5.92 Å². The highest BCUT2D eigenvalue weighted by Gasteiger charge is 2.28. The van der Waals surface area contributed by atoms with Gasteiger partial charge in [0.1, 0.15) is 0 Å². The Morgan fingerprint density at radius 3 is 2.65 bits per heavy atom. The third-order valence-electron chi connectivity index (χ3n) is 3.20. The Bertz CT molecular complexity index is 341. The molecule has 0 saturated carbocycles. The fraction of sp³-hybridized carbons (Fsp3) is 1.00. The largest absolute Gasteiger partial charge is 0.379 e. The van der Waals surface area contributed by atoms with Crippen LogP contribution in [0.4, 0.5) is 0 Å². The summed E-state index contributed by atoms with van der Waals surface area (Å²) in [4.78, 5) is 0. The Hall–Kier alpha value is -0.210. The third kappa shape index (κ3) is 3.62. The number of rotatable bonds is 3. The van der Waals surface area contributed by atoms with Crippen LogP contribution in [0.2, 0.25) is 0 Å². The number of nitrogens with one attached hydrogen (secondary N) is 2. The van der Waals surface area contributed by atoms with Crippen LogP contribution in [0, 0.1) is 5.92 Å². The van der Waals surface area contributed by atoms with E-state index in [9.17, 15) is 8.42 Å². The average molecular weight is 263 g/mol. The molecule has 0 radical (unpaired) electrons. The molecule has 0 aromatic rings. The summed E-state index contributed by atoms with van der Waals surface area (Å²) in [7, 11) is -3.34. The molecule has 0 spiro atoms. The first kappa shape index (κ1) is 13.2. The predicted octanol–water partition coefficient (Wildman–Crippen LogP) is -0.849. The van der Waals surface area contributed by atoms with E-state index in [1.165, 1.54) is 4.31 Å². The molecule has 100 valence electrons. The van der Waals surface area contributed by atoms with E-state index in [2.05, 4.69) is 17.0 Å². The summed E-state index contributed by atoms with van der Waals surface area (Å²) in [6, 6.07) is 0.00611. The third-order valence-corrected chi connectivity index (χ3v) is 4.87. The van der Waals surface area contributed by atoms with Crippen LogP contribution >= 0.6 is 0 Å². The van der Waals surface area contributed by atoms with Gasteiger partial charge in [-0.3, -0.25) is 0 Å². The van der Waals surface area contributed by atoms with Crippen molar-refractivity contribution in [2.45, 2.75) is 19.4 Å². The number of nitrogens with zero attached hydrogens (tertiary/aromatic N) is 1. The molecule has 2 aliphatic rings. The van der Waals surface area contributed by atoms with Gasteiger partial charge < -0.3 is 10.1 Å². The lowest BCUT2D eigenvalue weighted by molar-refractivity contribution is 0.0722.